The summed E-state index contributed by atoms with van der Waals surface area (Å²) in [5.41, 5.74) is -1.37. The first-order valence-corrected chi connectivity index (χ1v) is 11.7. The summed E-state index contributed by atoms with van der Waals surface area (Å²) in [6, 6.07) is 3.20. The molecule has 7 heteroatoms. The Bertz CT molecular complexity index is 949. The van der Waals surface area contributed by atoms with Crippen LogP contribution in [-0.2, 0) is 17.6 Å². The van der Waals surface area contributed by atoms with E-state index in [4.69, 9.17) is 0 Å². The monoisotopic (exact) mass is 456 g/mol. The Morgan fingerprint density at radius 2 is 1.66 bits per heavy atom. The fourth-order valence-electron chi connectivity index (χ4n) is 4.56. The van der Waals surface area contributed by atoms with E-state index < -0.39 is 23.0 Å². The molecule has 0 saturated heterocycles. The number of alkyl halides is 3. The van der Waals surface area contributed by atoms with Crippen molar-refractivity contribution in [1.82, 2.24) is 9.55 Å². The van der Waals surface area contributed by atoms with Crippen molar-refractivity contribution in [2.45, 2.75) is 110 Å². The number of aromatic nitrogens is 2. The molecule has 1 fully saturated rings. The maximum absolute atomic E-state index is 14.9. The quantitative estimate of drug-likeness (QED) is 0.316. The Kier molecular flexibility index (Phi) is 6.73. The molecule has 0 radical (unpaired) electrons. The summed E-state index contributed by atoms with van der Waals surface area (Å²) in [7, 11) is 0. The Balaban J connectivity index is 1.74. The third-order valence-corrected chi connectivity index (χ3v) is 7.18. The molecule has 32 heavy (non-hydrogen) atoms. The molecule has 3 nitrogen and oxygen atoms in total. The van der Waals surface area contributed by atoms with Crippen LogP contribution in [0.3, 0.4) is 0 Å². The minimum absolute atomic E-state index is 0.120. The minimum atomic E-state index is -4.18. The van der Waals surface area contributed by atoms with Gasteiger partial charge in [0.05, 0.1) is 16.5 Å². The van der Waals surface area contributed by atoms with Gasteiger partial charge in [-0.05, 0) is 70.6 Å². The van der Waals surface area contributed by atoms with Gasteiger partial charge in [-0.2, -0.15) is 13.2 Å². The van der Waals surface area contributed by atoms with E-state index >= 15 is 0 Å². The van der Waals surface area contributed by atoms with E-state index in [9.17, 15) is 22.7 Å². The lowest BCUT2D eigenvalue weighted by atomic mass is 9.78. The molecule has 1 aliphatic rings. The molecule has 0 amide bonds. The summed E-state index contributed by atoms with van der Waals surface area (Å²) in [5, 5.41) is 10.4. The van der Waals surface area contributed by atoms with Gasteiger partial charge in [0.2, 0.25) is 0 Å². The zero-order chi connectivity index (χ0) is 23.9. The minimum Gasteiger partial charge on any atom is -0.386 e. The number of benzene rings is 1. The van der Waals surface area contributed by atoms with Gasteiger partial charge in [0.1, 0.15) is 11.3 Å². The first kappa shape index (κ1) is 25.0. The van der Waals surface area contributed by atoms with Crippen LogP contribution in [0.25, 0.3) is 11.0 Å². The van der Waals surface area contributed by atoms with Crippen LogP contribution in [-0.4, -0.2) is 20.8 Å². The summed E-state index contributed by atoms with van der Waals surface area (Å²) < 4.78 is 56.1. The largest absolute Gasteiger partial charge is 0.393 e. The van der Waals surface area contributed by atoms with Gasteiger partial charge in [0.15, 0.2) is 5.82 Å². The predicted octanol–water partition coefficient (Wildman–Crippen LogP) is 7.38. The van der Waals surface area contributed by atoms with Crippen LogP contribution >= 0.6 is 0 Å². The molecule has 1 saturated carbocycles. The highest BCUT2D eigenvalue weighted by molar-refractivity contribution is 5.78. The van der Waals surface area contributed by atoms with Crippen LogP contribution in [0, 0.1) is 11.2 Å². The van der Waals surface area contributed by atoms with Crippen molar-refractivity contribution in [3.05, 3.63) is 29.3 Å². The third kappa shape index (κ3) is 4.97. The molecule has 3 rings (SSSR count). The van der Waals surface area contributed by atoms with E-state index in [2.05, 4.69) is 16.5 Å². The Morgan fingerprint density at radius 1 is 1.03 bits per heavy atom. The zero-order valence-electron chi connectivity index (χ0n) is 19.9. The third-order valence-electron chi connectivity index (χ3n) is 7.18. The van der Waals surface area contributed by atoms with E-state index in [-0.39, 0.29) is 12.0 Å². The van der Waals surface area contributed by atoms with Crippen LogP contribution in [0.4, 0.5) is 17.6 Å². The molecule has 2 aromatic rings. The zero-order valence-corrected chi connectivity index (χ0v) is 19.9. The number of hydrogen-bond acceptors (Lipinski definition) is 2. The summed E-state index contributed by atoms with van der Waals surface area (Å²) in [6.07, 6.45) is 2.57. The van der Waals surface area contributed by atoms with Crippen molar-refractivity contribution in [3.8, 4) is 0 Å². The van der Waals surface area contributed by atoms with Crippen LogP contribution < -0.4 is 0 Å². The van der Waals surface area contributed by atoms with Crippen LogP contribution in [0.5, 0.6) is 0 Å². The number of halogens is 4. The number of imidazole rings is 1. The number of hydrogen-bond donors (Lipinski definition) is 1. The molecule has 0 unspecified atom stereocenters. The smallest absolute Gasteiger partial charge is 0.386 e. The molecular formula is C25H36F4N2O. The normalized spacial score (nSPS) is 17.1. The lowest BCUT2D eigenvalue weighted by Gasteiger charge is -2.41. The first-order valence-electron chi connectivity index (χ1n) is 11.7. The van der Waals surface area contributed by atoms with Crippen LogP contribution in [0.15, 0.2) is 12.1 Å². The van der Waals surface area contributed by atoms with Gasteiger partial charge in [-0.1, -0.05) is 33.1 Å². The van der Waals surface area contributed by atoms with Gasteiger partial charge in [0, 0.05) is 12.0 Å². The van der Waals surface area contributed by atoms with E-state index in [1.165, 1.54) is 19.9 Å². The van der Waals surface area contributed by atoms with Gasteiger partial charge in [-0.15, -0.1) is 0 Å². The molecule has 180 valence electrons. The molecule has 1 aliphatic carbocycles. The van der Waals surface area contributed by atoms with Crippen molar-refractivity contribution >= 4 is 11.0 Å². The highest BCUT2D eigenvalue weighted by atomic mass is 19.4. The van der Waals surface area contributed by atoms with Gasteiger partial charge >= 0.3 is 6.18 Å². The van der Waals surface area contributed by atoms with Gasteiger partial charge in [-0.3, -0.25) is 0 Å². The van der Waals surface area contributed by atoms with Gasteiger partial charge < -0.3 is 9.67 Å². The van der Waals surface area contributed by atoms with E-state index in [1.807, 2.05) is 6.07 Å². The molecule has 0 atom stereocenters. The maximum Gasteiger partial charge on any atom is 0.393 e. The standard InChI is InChI=1S/C25H36F4N2O/c1-22(2,25(27,28)29)12-9-7-6-8-11-20-30-21-18(26)15-17(23(3,4)32)16-19(21)31(20)24(5)13-10-14-24/h15-16,32H,6-14H2,1-5H3. The fourth-order valence-corrected chi connectivity index (χ4v) is 4.56. The number of unbranched alkanes of at least 4 members (excludes halogenated alkanes) is 3. The average Bonchev–Trinajstić information content (AvgIpc) is 3.00. The van der Waals surface area contributed by atoms with Crippen molar-refractivity contribution in [1.29, 1.82) is 0 Å². The first-order chi connectivity index (χ1) is 14.7. The average molecular weight is 457 g/mol. The lowest BCUT2D eigenvalue weighted by Crippen LogP contribution is -2.38. The summed E-state index contributed by atoms with van der Waals surface area (Å²) >= 11 is 0. The Morgan fingerprint density at radius 3 is 2.19 bits per heavy atom. The second-order valence-electron chi connectivity index (χ2n) is 10.9. The second kappa shape index (κ2) is 8.62. The number of aliphatic hydroxyl groups is 1. The summed E-state index contributed by atoms with van der Waals surface area (Å²) in [5.74, 6) is 0.390. The molecular weight excluding hydrogens is 420 g/mol. The number of fused-ring (bicyclic) bond motifs is 1. The highest BCUT2D eigenvalue weighted by Gasteiger charge is 2.46. The second-order valence-corrected chi connectivity index (χ2v) is 10.9. The van der Waals surface area contributed by atoms with Crippen molar-refractivity contribution in [2.24, 2.45) is 5.41 Å². The molecule has 0 spiro atoms. The summed E-state index contributed by atoms with van der Waals surface area (Å²) in [6.45, 7) is 7.95. The van der Waals surface area contributed by atoms with Crippen molar-refractivity contribution in [2.75, 3.05) is 0 Å². The van der Waals surface area contributed by atoms with E-state index in [0.717, 1.165) is 44.3 Å². The van der Waals surface area contributed by atoms with E-state index in [1.54, 1.807) is 13.8 Å². The molecule has 1 aromatic heterocycles. The molecule has 0 aliphatic heterocycles. The Labute approximate surface area is 188 Å². The van der Waals surface area contributed by atoms with Gasteiger partial charge in [-0.25, -0.2) is 9.37 Å². The lowest BCUT2D eigenvalue weighted by molar-refractivity contribution is -0.214. The van der Waals surface area contributed by atoms with Crippen molar-refractivity contribution < 1.29 is 22.7 Å². The topological polar surface area (TPSA) is 38.1 Å². The molecule has 1 aromatic carbocycles. The fraction of sp³-hybridized carbons (Fsp3) is 0.720. The Hall–Kier alpha value is -1.63. The molecule has 0 bridgehead atoms. The number of nitrogens with zero attached hydrogens (tertiary/aromatic N) is 2. The van der Waals surface area contributed by atoms with Crippen LogP contribution in [0.2, 0.25) is 0 Å². The molecule has 1 N–H and O–H groups in total. The van der Waals surface area contributed by atoms with Gasteiger partial charge in [0.25, 0.3) is 0 Å². The SMILES string of the molecule is CC(C)(O)c1cc(F)c2nc(CCCCCCC(C)(C)C(F)(F)F)n(C3(C)CCC3)c2c1. The summed E-state index contributed by atoms with van der Waals surface area (Å²) in [4.78, 5) is 4.63. The molecule has 1 heterocycles. The predicted molar refractivity (Wildman–Crippen MR) is 119 cm³/mol. The highest BCUT2D eigenvalue weighted by Crippen LogP contribution is 2.43. The number of aryl methyl sites for hydroxylation is 1. The maximum atomic E-state index is 14.9. The number of rotatable bonds is 9. The van der Waals surface area contributed by atoms with Crippen LogP contribution in [0.1, 0.15) is 97.4 Å². The van der Waals surface area contributed by atoms with E-state index in [0.29, 0.717) is 29.4 Å². The van der Waals surface area contributed by atoms with Crippen molar-refractivity contribution in [3.63, 3.8) is 0 Å².